The number of hydrogen-bond acceptors (Lipinski definition) is 3. The Kier molecular flexibility index (Phi) is 9.69. The van der Waals surface area contributed by atoms with E-state index in [4.69, 9.17) is 4.74 Å². The molecular formula is C21H34N4O2. The first kappa shape index (κ1) is 21.2. The lowest BCUT2D eigenvalue weighted by Gasteiger charge is -2.20. The van der Waals surface area contributed by atoms with Gasteiger partial charge in [0.05, 0.1) is 13.2 Å². The number of amides is 1. The third-order valence-electron chi connectivity index (χ3n) is 4.63. The summed E-state index contributed by atoms with van der Waals surface area (Å²) in [6.07, 6.45) is 4.98. The normalized spacial score (nSPS) is 15.6. The van der Waals surface area contributed by atoms with E-state index in [9.17, 15) is 4.79 Å². The van der Waals surface area contributed by atoms with Crippen molar-refractivity contribution in [1.82, 2.24) is 15.5 Å². The lowest BCUT2D eigenvalue weighted by atomic mass is 10.1. The van der Waals surface area contributed by atoms with E-state index < -0.39 is 0 Å². The van der Waals surface area contributed by atoms with Gasteiger partial charge in [-0.2, -0.15) is 0 Å². The first-order valence-electron chi connectivity index (χ1n) is 10.1. The van der Waals surface area contributed by atoms with Crippen molar-refractivity contribution in [3.63, 3.8) is 0 Å². The van der Waals surface area contributed by atoms with Gasteiger partial charge in [-0.05, 0) is 37.3 Å². The molecule has 0 bridgehead atoms. The van der Waals surface area contributed by atoms with Crippen LogP contribution in [0.15, 0.2) is 29.3 Å². The molecule has 6 heteroatoms. The molecule has 0 aliphatic carbocycles. The smallest absolute Gasteiger partial charge is 0.222 e. The predicted octanol–water partition coefficient (Wildman–Crippen LogP) is 2.68. The number of benzene rings is 1. The first-order valence-corrected chi connectivity index (χ1v) is 10.1. The molecule has 2 N–H and O–H groups in total. The zero-order chi connectivity index (χ0) is 19.3. The Morgan fingerprint density at radius 2 is 2.07 bits per heavy atom. The minimum Gasteiger partial charge on any atom is -0.380 e. The van der Waals surface area contributed by atoms with Crippen LogP contribution in [-0.4, -0.2) is 50.1 Å². The molecule has 1 aliphatic rings. The minimum absolute atomic E-state index is 0.309. The van der Waals surface area contributed by atoms with Gasteiger partial charge in [0.15, 0.2) is 5.96 Å². The number of carbonyl (C=O) groups excluding carboxylic acids is 1. The summed E-state index contributed by atoms with van der Waals surface area (Å²) in [7, 11) is 1.71. The van der Waals surface area contributed by atoms with Gasteiger partial charge in [-0.3, -0.25) is 4.79 Å². The number of nitrogens with zero attached hydrogens (tertiary/aromatic N) is 2. The highest BCUT2D eigenvalue weighted by molar-refractivity contribution is 5.79. The van der Waals surface area contributed by atoms with E-state index in [-0.39, 0.29) is 0 Å². The van der Waals surface area contributed by atoms with Crippen LogP contribution in [0.1, 0.15) is 50.2 Å². The quantitative estimate of drug-likeness (QED) is 0.396. The second-order valence-electron chi connectivity index (χ2n) is 6.92. The average Bonchev–Trinajstić information content (AvgIpc) is 2.88. The fraction of sp³-hybridized carbons (Fsp3) is 0.619. The van der Waals surface area contributed by atoms with Gasteiger partial charge in [-0.15, -0.1) is 0 Å². The first-order chi connectivity index (χ1) is 13.2. The number of methoxy groups -OCH3 is 1. The van der Waals surface area contributed by atoms with Crippen molar-refractivity contribution in [2.75, 3.05) is 33.3 Å². The van der Waals surface area contributed by atoms with Crippen molar-refractivity contribution >= 4 is 11.9 Å². The predicted molar refractivity (Wildman–Crippen MR) is 110 cm³/mol. The van der Waals surface area contributed by atoms with E-state index in [0.29, 0.717) is 25.5 Å². The van der Waals surface area contributed by atoms with Gasteiger partial charge in [-0.25, -0.2) is 4.99 Å². The highest BCUT2D eigenvalue weighted by atomic mass is 16.5. The van der Waals surface area contributed by atoms with Gasteiger partial charge in [0.1, 0.15) is 0 Å². The second-order valence-corrected chi connectivity index (χ2v) is 6.92. The lowest BCUT2D eigenvalue weighted by Crippen LogP contribution is -2.39. The zero-order valence-corrected chi connectivity index (χ0v) is 16.8. The number of ether oxygens (including phenoxy) is 1. The van der Waals surface area contributed by atoms with Crippen molar-refractivity contribution in [3.8, 4) is 0 Å². The molecule has 1 aliphatic heterocycles. The van der Waals surface area contributed by atoms with Crippen LogP contribution in [0.4, 0.5) is 0 Å². The Bertz CT molecular complexity index is 604. The molecule has 0 spiro atoms. The van der Waals surface area contributed by atoms with Gasteiger partial charge < -0.3 is 20.3 Å². The SMILES string of the molecule is CCNC(=NCc1cccc(COC)c1)NCCCN1CCCCCC1=O. The number of nitrogens with one attached hydrogen (secondary N) is 2. The standard InChI is InChI=1S/C21H34N4O2/c1-3-22-21(24-16-18-9-7-10-19(15-18)17-27-2)23-12-8-14-25-13-6-4-5-11-20(25)26/h7,9-10,15H,3-6,8,11-14,16-17H2,1-2H3,(H2,22,23,24). The molecule has 27 heavy (non-hydrogen) atoms. The van der Waals surface area contributed by atoms with Crippen molar-refractivity contribution in [2.24, 2.45) is 4.99 Å². The van der Waals surface area contributed by atoms with Gasteiger partial charge in [0.25, 0.3) is 0 Å². The number of carbonyl (C=O) groups is 1. The van der Waals surface area contributed by atoms with Crippen LogP contribution in [0.25, 0.3) is 0 Å². The summed E-state index contributed by atoms with van der Waals surface area (Å²) in [4.78, 5) is 18.7. The number of rotatable bonds is 9. The third-order valence-corrected chi connectivity index (χ3v) is 4.63. The van der Waals surface area contributed by atoms with E-state index in [0.717, 1.165) is 62.5 Å². The van der Waals surface area contributed by atoms with Crippen LogP contribution in [0, 0.1) is 0 Å². The van der Waals surface area contributed by atoms with E-state index in [1.165, 1.54) is 6.42 Å². The van der Waals surface area contributed by atoms with Crippen molar-refractivity contribution < 1.29 is 9.53 Å². The Morgan fingerprint density at radius 1 is 1.22 bits per heavy atom. The maximum Gasteiger partial charge on any atom is 0.222 e. The van der Waals surface area contributed by atoms with Gasteiger partial charge in [-0.1, -0.05) is 30.7 Å². The fourth-order valence-corrected chi connectivity index (χ4v) is 3.25. The highest BCUT2D eigenvalue weighted by Gasteiger charge is 2.15. The third kappa shape index (κ3) is 7.99. The Labute approximate surface area is 163 Å². The van der Waals surface area contributed by atoms with E-state index >= 15 is 0 Å². The highest BCUT2D eigenvalue weighted by Crippen LogP contribution is 2.11. The Balaban J connectivity index is 1.79. The van der Waals surface area contributed by atoms with Gasteiger partial charge in [0.2, 0.25) is 5.91 Å². The minimum atomic E-state index is 0.309. The van der Waals surface area contributed by atoms with Crippen LogP contribution < -0.4 is 10.6 Å². The molecule has 2 rings (SSSR count). The molecule has 1 saturated heterocycles. The van der Waals surface area contributed by atoms with Crippen molar-refractivity contribution in [1.29, 1.82) is 0 Å². The Morgan fingerprint density at radius 3 is 2.89 bits per heavy atom. The van der Waals surface area contributed by atoms with Crippen LogP contribution in [0.2, 0.25) is 0 Å². The summed E-state index contributed by atoms with van der Waals surface area (Å²) < 4.78 is 5.19. The number of hydrogen-bond donors (Lipinski definition) is 2. The number of guanidine groups is 1. The monoisotopic (exact) mass is 374 g/mol. The van der Waals surface area contributed by atoms with Crippen molar-refractivity contribution in [3.05, 3.63) is 35.4 Å². The largest absolute Gasteiger partial charge is 0.380 e. The molecule has 0 radical (unpaired) electrons. The Hall–Kier alpha value is -2.08. The summed E-state index contributed by atoms with van der Waals surface area (Å²) >= 11 is 0. The van der Waals surface area contributed by atoms with Gasteiger partial charge in [0, 0.05) is 39.7 Å². The molecule has 0 aromatic heterocycles. The molecule has 150 valence electrons. The molecule has 1 aromatic carbocycles. The molecular weight excluding hydrogens is 340 g/mol. The summed E-state index contributed by atoms with van der Waals surface area (Å²) in [6.45, 7) is 6.66. The molecule has 6 nitrogen and oxygen atoms in total. The summed E-state index contributed by atoms with van der Waals surface area (Å²) in [5.74, 6) is 1.13. The van der Waals surface area contributed by atoms with Crippen molar-refractivity contribution in [2.45, 2.75) is 52.2 Å². The molecule has 0 unspecified atom stereocenters. The molecule has 1 heterocycles. The summed E-state index contributed by atoms with van der Waals surface area (Å²) in [5, 5.41) is 6.66. The van der Waals surface area contributed by atoms with Crippen LogP contribution >= 0.6 is 0 Å². The number of aliphatic imine (C=N–C) groups is 1. The summed E-state index contributed by atoms with van der Waals surface area (Å²) in [6, 6.07) is 8.31. The number of likely N-dealkylation sites (tertiary alicyclic amines) is 1. The van der Waals surface area contributed by atoms with E-state index in [2.05, 4.69) is 40.7 Å². The second kappa shape index (κ2) is 12.3. The molecule has 1 aromatic rings. The average molecular weight is 375 g/mol. The molecule has 1 fully saturated rings. The van der Waals surface area contributed by atoms with E-state index in [1.54, 1.807) is 7.11 Å². The zero-order valence-electron chi connectivity index (χ0n) is 16.8. The van der Waals surface area contributed by atoms with E-state index in [1.807, 2.05) is 11.0 Å². The lowest BCUT2D eigenvalue weighted by molar-refractivity contribution is -0.130. The maximum absolute atomic E-state index is 12.0. The van der Waals surface area contributed by atoms with Gasteiger partial charge >= 0.3 is 0 Å². The van der Waals surface area contributed by atoms with Crippen LogP contribution in [0.5, 0.6) is 0 Å². The van der Waals surface area contributed by atoms with Crippen LogP contribution in [0.3, 0.4) is 0 Å². The fourth-order valence-electron chi connectivity index (χ4n) is 3.25. The summed E-state index contributed by atoms with van der Waals surface area (Å²) in [5.41, 5.74) is 2.32. The molecule has 0 saturated carbocycles. The topological polar surface area (TPSA) is 66.0 Å². The maximum atomic E-state index is 12.0. The molecule has 0 atom stereocenters. The molecule has 1 amide bonds. The van der Waals surface area contributed by atoms with Crippen LogP contribution in [-0.2, 0) is 22.7 Å².